The zero-order chi connectivity index (χ0) is 12.8. The molecule has 0 unspecified atom stereocenters. The van der Waals surface area contributed by atoms with Crippen LogP contribution in [0, 0.1) is 0 Å². The minimum Gasteiger partial charge on any atom is -0.384 e. The van der Waals surface area contributed by atoms with Gasteiger partial charge < -0.3 is 9.72 Å². The van der Waals surface area contributed by atoms with Gasteiger partial charge in [-0.15, -0.1) is 0 Å². The largest absolute Gasteiger partial charge is 0.384 e. The molecule has 0 aliphatic rings. The van der Waals surface area contributed by atoms with Gasteiger partial charge in [-0.25, -0.2) is 4.98 Å². The fraction of sp³-hybridized carbons (Fsp3) is 0.385. The van der Waals surface area contributed by atoms with Crippen LogP contribution in [0.3, 0.4) is 0 Å². The van der Waals surface area contributed by atoms with Gasteiger partial charge in [-0.3, -0.25) is 4.79 Å². The van der Waals surface area contributed by atoms with Gasteiger partial charge in [0, 0.05) is 25.0 Å². The van der Waals surface area contributed by atoms with Gasteiger partial charge in [-0.1, -0.05) is 12.1 Å². The van der Waals surface area contributed by atoms with E-state index in [1.54, 1.807) is 24.9 Å². The van der Waals surface area contributed by atoms with E-state index in [0.29, 0.717) is 5.39 Å². The maximum Gasteiger partial charge on any atom is 0.258 e. The number of ether oxygens (including phenoxy) is 1. The number of aromatic nitrogens is 2. The van der Waals surface area contributed by atoms with Crippen LogP contribution in [0.5, 0.6) is 0 Å². The number of nitrogens with one attached hydrogen (secondary N) is 1. The first-order valence-corrected chi connectivity index (χ1v) is 7.01. The van der Waals surface area contributed by atoms with Gasteiger partial charge in [-0.05, 0) is 12.1 Å². The Hall–Kier alpha value is -1.33. The third-order valence-electron chi connectivity index (χ3n) is 2.58. The minimum atomic E-state index is -0.0579. The smallest absolute Gasteiger partial charge is 0.258 e. The molecule has 1 heterocycles. The van der Waals surface area contributed by atoms with Crippen molar-refractivity contribution >= 4 is 22.7 Å². The van der Waals surface area contributed by atoms with Crippen LogP contribution in [0.4, 0.5) is 0 Å². The van der Waals surface area contributed by atoms with Crippen LogP contribution in [-0.2, 0) is 11.2 Å². The summed E-state index contributed by atoms with van der Waals surface area (Å²) >= 11 is 1.80. The lowest BCUT2D eigenvalue weighted by atomic mass is 10.2. The molecular weight excluding hydrogens is 248 g/mol. The van der Waals surface area contributed by atoms with Crippen molar-refractivity contribution in [3.8, 4) is 0 Å². The number of benzene rings is 1. The number of rotatable bonds is 6. The zero-order valence-corrected chi connectivity index (χ0v) is 11.1. The van der Waals surface area contributed by atoms with Crippen molar-refractivity contribution in [2.75, 3.05) is 25.2 Å². The Kier molecular flexibility index (Phi) is 4.78. The highest BCUT2D eigenvalue weighted by molar-refractivity contribution is 7.99. The summed E-state index contributed by atoms with van der Waals surface area (Å²) in [5.74, 6) is 2.66. The van der Waals surface area contributed by atoms with E-state index in [1.165, 1.54) is 0 Å². The molecule has 2 rings (SSSR count). The van der Waals surface area contributed by atoms with Crippen LogP contribution in [0.25, 0.3) is 10.9 Å². The molecule has 1 N–H and O–H groups in total. The summed E-state index contributed by atoms with van der Waals surface area (Å²) in [7, 11) is 1.70. The van der Waals surface area contributed by atoms with Crippen LogP contribution >= 0.6 is 11.8 Å². The van der Waals surface area contributed by atoms with Crippen molar-refractivity contribution < 1.29 is 4.74 Å². The van der Waals surface area contributed by atoms with Gasteiger partial charge in [0.2, 0.25) is 0 Å². The maximum atomic E-state index is 11.8. The lowest BCUT2D eigenvalue weighted by molar-refractivity contribution is 0.218. The molecule has 5 heteroatoms. The summed E-state index contributed by atoms with van der Waals surface area (Å²) in [6.07, 6.45) is 0.772. The number of fused-ring (bicyclic) bond motifs is 1. The van der Waals surface area contributed by atoms with E-state index in [4.69, 9.17) is 4.74 Å². The molecular formula is C13H16N2O2S. The molecule has 0 aliphatic carbocycles. The molecule has 1 aromatic heterocycles. The average molecular weight is 264 g/mol. The van der Waals surface area contributed by atoms with E-state index < -0.39 is 0 Å². The Morgan fingerprint density at radius 3 is 3.00 bits per heavy atom. The number of methoxy groups -OCH3 is 1. The highest BCUT2D eigenvalue weighted by Gasteiger charge is 2.02. The van der Waals surface area contributed by atoms with Crippen LogP contribution in [0.15, 0.2) is 29.1 Å². The molecule has 4 nitrogen and oxygen atoms in total. The molecule has 2 aromatic rings. The SMILES string of the molecule is COCCSCCc1nc2ccccc2c(=O)[nH]1. The van der Waals surface area contributed by atoms with Gasteiger partial charge in [0.1, 0.15) is 5.82 Å². The number of para-hydroxylation sites is 1. The monoisotopic (exact) mass is 264 g/mol. The summed E-state index contributed by atoms with van der Waals surface area (Å²) < 4.78 is 4.98. The topological polar surface area (TPSA) is 55.0 Å². The molecule has 0 fully saturated rings. The standard InChI is InChI=1S/C13H16N2O2S/c1-17-7-9-18-8-6-12-14-11-5-3-2-4-10(11)13(16)15-12/h2-5H,6-9H2,1H3,(H,14,15,16). The highest BCUT2D eigenvalue weighted by atomic mass is 32.2. The Balaban J connectivity index is 2.03. The predicted octanol–water partition coefficient (Wildman–Crippen LogP) is 1.85. The second-order valence-electron chi connectivity index (χ2n) is 3.88. The Labute approximate surface area is 110 Å². The first-order valence-electron chi connectivity index (χ1n) is 5.86. The number of aromatic amines is 1. The second kappa shape index (κ2) is 6.56. The van der Waals surface area contributed by atoms with Crippen molar-refractivity contribution in [2.45, 2.75) is 6.42 Å². The molecule has 0 spiro atoms. The quantitative estimate of drug-likeness (QED) is 0.809. The van der Waals surface area contributed by atoms with Crippen molar-refractivity contribution in [3.05, 3.63) is 40.4 Å². The molecule has 96 valence electrons. The number of nitrogens with zero attached hydrogens (tertiary/aromatic N) is 1. The van der Waals surface area contributed by atoms with Crippen molar-refractivity contribution in [2.24, 2.45) is 0 Å². The lowest BCUT2D eigenvalue weighted by Crippen LogP contribution is -2.12. The van der Waals surface area contributed by atoms with Crippen LogP contribution in [0.1, 0.15) is 5.82 Å². The molecule has 0 amide bonds. The minimum absolute atomic E-state index is 0.0579. The van der Waals surface area contributed by atoms with Crippen LogP contribution < -0.4 is 5.56 Å². The third kappa shape index (κ3) is 3.34. The maximum absolute atomic E-state index is 11.8. The fourth-order valence-corrected chi connectivity index (χ4v) is 2.49. The van der Waals surface area contributed by atoms with Crippen molar-refractivity contribution in [3.63, 3.8) is 0 Å². The Morgan fingerprint density at radius 1 is 1.33 bits per heavy atom. The summed E-state index contributed by atoms with van der Waals surface area (Å²) in [5.41, 5.74) is 0.704. The molecule has 0 aliphatic heterocycles. The average Bonchev–Trinajstić information content (AvgIpc) is 2.39. The molecule has 0 bridgehead atoms. The molecule has 0 radical (unpaired) electrons. The summed E-state index contributed by atoms with van der Waals surface area (Å²) in [5, 5.41) is 0.647. The first kappa shape index (κ1) is 13.1. The van der Waals surface area contributed by atoms with E-state index in [0.717, 1.165) is 35.9 Å². The highest BCUT2D eigenvalue weighted by Crippen LogP contribution is 2.07. The number of aryl methyl sites for hydroxylation is 1. The van der Waals surface area contributed by atoms with E-state index in [-0.39, 0.29) is 5.56 Å². The van der Waals surface area contributed by atoms with Crippen molar-refractivity contribution in [1.82, 2.24) is 9.97 Å². The molecule has 1 aromatic carbocycles. The van der Waals surface area contributed by atoms with Crippen LogP contribution in [-0.4, -0.2) is 35.2 Å². The van der Waals surface area contributed by atoms with Gasteiger partial charge >= 0.3 is 0 Å². The van der Waals surface area contributed by atoms with Crippen molar-refractivity contribution in [1.29, 1.82) is 0 Å². The Morgan fingerprint density at radius 2 is 2.17 bits per heavy atom. The fourth-order valence-electron chi connectivity index (χ4n) is 1.67. The first-order chi connectivity index (χ1) is 8.81. The molecule has 0 atom stereocenters. The van der Waals surface area contributed by atoms with E-state index in [1.807, 2.05) is 18.2 Å². The van der Waals surface area contributed by atoms with E-state index >= 15 is 0 Å². The summed E-state index contributed by atoms with van der Waals surface area (Å²) in [6, 6.07) is 7.40. The zero-order valence-electron chi connectivity index (χ0n) is 10.3. The second-order valence-corrected chi connectivity index (χ2v) is 5.11. The normalized spacial score (nSPS) is 10.9. The number of thioether (sulfide) groups is 1. The summed E-state index contributed by atoms with van der Waals surface area (Å²) in [4.78, 5) is 19.1. The lowest BCUT2D eigenvalue weighted by Gasteiger charge is -2.03. The third-order valence-corrected chi connectivity index (χ3v) is 3.53. The van der Waals surface area contributed by atoms with E-state index in [2.05, 4.69) is 9.97 Å². The Bertz CT molecular complexity index is 568. The number of hydrogen-bond acceptors (Lipinski definition) is 4. The molecule has 18 heavy (non-hydrogen) atoms. The van der Waals surface area contributed by atoms with Gasteiger partial charge in [-0.2, -0.15) is 11.8 Å². The summed E-state index contributed by atoms with van der Waals surface area (Å²) in [6.45, 7) is 0.756. The molecule has 0 saturated carbocycles. The number of H-pyrrole nitrogens is 1. The van der Waals surface area contributed by atoms with Crippen LogP contribution in [0.2, 0.25) is 0 Å². The van der Waals surface area contributed by atoms with Gasteiger partial charge in [0.15, 0.2) is 0 Å². The van der Waals surface area contributed by atoms with Gasteiger partial charge in [0.25, 0.3) is 5.56 Å². The van der Waals surface area contributed by atoms with Gasteiger partial charge in [0.05, 0.1) is 17.5 Å². The number of hydrogen-bond donors (Lipinski definition) is 1. The molecule has 0 saturated heterocycles. The van der Waals surface area contributed by atoms with E-state index in [9.17, 15) is 4.79 Å². The predicted molar refractivity (Wildman–Crippen MR) is 75.3 cm³/mol.